The lowest BCUT2D eigenvalue weighted by Gasteiger charge is -2.16. The maximum Gasteiger partial charge on any atom is 0.337 e. The van der Waals surface area contributed by atoms with E-state index < -0.39 is 11.2 Å². The van der Waals surface area contributed by atoms with E-state index in [4.69, 9.17) is 14.5 Å². The van der Waals surface area contributed by atoms with E-state index in [-0.39, 0.29) is 11.3 Å². The SMILES string of the molecule is COCCCn1c(SC(C)C(=O)c2c(C)[nH]c3ccccc23)nc2cc(C(=O)OC)ccc2c1=O. The fourth-order valence-electron chi connectivity index (χ4n) is 4.11. The highest BCUT2D eigenvalue weighted by Crippen LogP contribution is 2.30. The van der Waals surface area contributed by atoms with Gasteiger partial charge in [-0.2, -0.15) is 0 Å². The summed E-state index contributed by atoms with van der Waals surface area (Å²) >= 11 is 1.23. The maximum atomic E-state index is 13.5. The summed E-state index contributed by atoms with van der Waals surface area (Å²) in [5, 5.41) is 1.17. The van der Waals surface area contributed by atoms with Crippen LogP contribution in [-0.4, -0.2) is 52.4 Å². The smallest absolute Gasteiger partial charge is 0.337 e. The summed E-state index contributed by atoms with van der Waals surface area (Å²) in [4.78, 5) is 46.8. The average Bonchev–Trinajstić information content (AvgIpc) is 3.20. The number of nitrogens with one attached hydrogen (secondary N) is 1. The fraction of sp³-hybridized carbons (Fsp3) is 0.308. The van der Waals surface area contributed by atoms with Crippen molar-refractivity contribution in [3.05, 3.63) is 69.6 Å². The highest BCUT2D eigenvalue weighted by atomic mass is 32.2. The van der Waals surface area contributed by atoms with Gasteiger partial charge in [0.05, 0.1) is 28.8 Å². The molecular weight excluding hydrogens is 466 g/mol. The summed E-state index contributed by atoms with van der Waals surface area (Å²) in [6.45, 7) is 4.57. The highest BCUT2D eigenvalue weighted by Gasteiger charge is 2.25. The standard InChI is InChI=1S/C26H27N3O5S/c1-15-22(18-8-5-6-9-20(18)27-15)23(30)16(2)35-26-28-21-14-17(25(32)34-4)10-11-19(21)24(31)29(26)12-7-13-33-3/h5-6,8-11,14,16,27H,7,12-13H2,1-4H3. The molecule has 0 radical (unpaired) electrons. The zero-order chi connectivity index (χ0) is 25.1. The Balaban J connectivity index is 1.75. The normalized spacial score (nSPS) is 12.2. The van der Waals surface area contributed by atoms with E-state index in [1.54, 1.807) is 29.9 Å². The first-order valence-corrected chi connectivity index (χ1v) is 12.1. The van der Waals surface area contributed by atoms with Gasteiger partial charge in [-0.25, -0.2) is 9.78 Å². The number of aromatic nitrogens is 3. The minimum Gasteiger partial charge on any atom is -0.465 e. The van der Waals surface area contributed by atoms with E-state index >= 15 is 0 Å². The summed E-state index contributed by atoms with van der Waals surface area (Å²) in [6.07, 6.45) is 0.612. The lowest BCUT2D eigenvalue weighted by molar-refractivity contribution is 0.0600. The number of esters is 1. The van der Waals surface area contributed by atoms with Crippen LogP contribution in [0.5, 0.6) is 0 Å². The van der Waals surface area contributed by atoms with Crippen molar-refractivity contribution in [3.63, 3.8) is 0 Å². The molecule has 8 nitrogen and oxygen atoms in total. The number of carbonyl (C=O) groups excluding carboxylic acids is 2. The molecule has 0 bridgehead atoms. The molecule has 0 aliphatic rings. The Morgan fingerprint density at radius 3 is 2.66 bits per heavy atom. The van der Waals surface area contributed by atoms with Crippen LogP contribution in [0.25, 0.3) is 21.8 Å². The average molecular weight is 494 g/mol. The third-order valence-corrected chi connectivity index (χ3v) is 6.95. The van der Waals surface area contributed by atoms with E-state index in [2.05, 4.69) is 4.98 Å². The van der Waals surface area contributed by atoms with Crippen molar-refractivity contribution in [1.29, 1.82) is 0 Å². The number of aromatic amines is 1. The minimum atomic E-state index is -0.509. The molecule has 4 aromatic rings. The van der Waals surface area contributed by atoms with Crippen LogP contribution in [0, 0.1) is 6.92 Å². The second-order valence-corrected chi connectivity index (χ2v) is 9.52. The number of methoxy groups -OCH3 is 2. The van der Waals surface area contributed by atoms with E-state index in [0.29, 0.717) is 46.8 Å². The fourth-order valence-corrected chi connectivity index (χ4v) is 5.10. The van der Waals surface area contributed by atoms with Gasteiger partial charge in [-0.1, -0.05) is 30.0 Å². The molecule has 1 N–H and O–H groups in total. The maximum absolute atomic E-state index is 13.5. The van der Waals surface area contributed by atoms with Crippen LogP contribution in [-0.2, 0) is 16.0 Å². The molecule has 1 atom stereocenters. The first kappa shape index (κ1) is 24.7. The molecule has 0 saturated carbocycles. The van der Waals surface area contributed by atoms with Crippen LogP contribution < -0.4 is 5.56 Å². The first-order chi connectivity index (χ1) is 16.8. The lowest BCUT2D eigenvalue weighted by Crippen LogP contribution is -2.26. The molecule has 9 heteroatoms. The second kappa shape index (κ2) is 10.5. The zero-order valence-electron chi connectivity index (χ0n) is 20.1. The third-order valence-electron chi connectivity index (χ3n) is 5.86. The molecule has 0 spiro atoms. The quantitative estimate of drug-likeness (QED) is 0.121. The van der Waals surface area contributed by atoms with E-state index in [1.165, 1.54) is 18.9 Å². The summed E-state index contributed by atoms with van der Waals surface area (Å²) in [7, 11) is 2.91. The number of para-hydroxylation sites is 1. The molecular formula is C26H27N3O5S. The molecule has 0 fully saturated rings. The van der Waals surface area contributed by atoms with Crippen molar-refractivity contribution in [2.75, 3.05) is 20.8 Å². The monoisotopic (exact) mass is 493 g/mol. The molecule has 182 valence electrons. The number of aryl methyl sites for hydroxylation is 1. The number of hydrogen-bond donors (Lipinski definition) is 1. The van der Waals surface area contributed by atoms with Crippen LogP contribution in [0.4, 0.5) is 0 Å². The predicted octanol–water partition coefficient (Wildman–Crippen LogP) is 4.37. The van der Waals surface area contributed by atoms with Gasteiger partial charge in [0.2, 0.25) is 0 Å². The van der Waals surface area contributed by atoms with Gasteiger partial charge in [0, 0.05) is 42.4 Å². The van der Waals surface area contributed by atoms with Gasteiger partial charge in [-0.15, -0.1) is 0 Å². The molecule has 4 rings (SSSR count). The Morgan fingerprint density at radius 1 is 1.14 bits per heavy atom. The van der Waals surface area contributed by atoms with Crippen molar-refractivity contribution >= 4 is 45.3 Å². The van der Waals surface area contributed by atoms with Crippen molar-refractivity contribution in [2.45, 2.75) is 37.2 Å². The molecule has 0 amide bonds. The van der Waals surface area contributed by atoms with Gasteiger partial charge >= 0.3 is 5.97 Å². The van der Waals surface area contributed by atoms with Gasteiger partial charge in [-0.05, 0) is 44.5 Å². The Labute approximate surface area is 206 Å². The van der Waals surface area contributed by atoms with Gasteiger partial charge in [-0.3, -0.25) is 14.2 Å². The van der Waals surface area contributed by atoms with Crippen LogP contribution in [0.3, 0.4) is 0 Å². The molecule has 2 aromatic carbocycles. The number of carbonyl (C=O) groups is 2. The number of ketones is 1. The molecule has 0 saturated heterocycles. The largest absolute Gasteiger partial charge is 0.465 e. The van der Waals surface area contributed by atoms with Crippen molar-refractivity contribution in [2.24, 2.45) is 0 Å². The lowest BCUT2D eigenvalue weighted by atomic mass is 10.1. The number of fused-ring (bicyclic) bond motifs is 2. The van der Waals surface area contributed by atoms with Crippen molar-refractivity contribution in [1.82, 2.24) is 14.5 Å². The Bertz CT molecular complexity index is 1470. The van der Waals surface area contributed by atoms with Crippen molar-refractivity contribution < 1.29 is 19.1 Å². The number of Topliss-reactive ketones (excluding diaryl/α,β-unsaturated/α-hetero) is 1. The zero-order valence-corrected chi connectivity index (χ0v) is 20.9. The number of H-pyrrole nitrogens is 1. The number of nitrogens with zero attached hydrogens (tertiary/aromatic N) is 2. The molecule has 1 unspecified atom stereocenters. The number of benzene rings is 2. The second-order valence-electron chi connectivity index (χ2n) is 8.22. The van der Waals surface area contributed by atoms with Gasteiger partial charge in [0.25, 0.3) is 5.56 Å². The number of hydrogen-bond acceptors (Lipinski definition) is 7. The first-order valence-electron chi connectivity index (χ1n) is 11.3. The van der Waals surface area contributed by atoms with Gasteiger partial charge in [0.15, 0.2) is 10.9 Å². The number of ether oxygens (including phenoxy) is 2. The molecule has 35 heavy (non-hydrogen) atoms. The highest BCUT2D eigenvalue weighted by molar-refractivity contribution is 8.00. The third kappa shape index (κ3) is 4.87. The Kier molecular flexibility index (Phi) is 7.37. The van der Waals surface area contributed by atoms with E-state index in [9.17, 15) is 14.4 Å². The molecule has 2 aromatic heterocycles. The molecule has 2 heterocycles. The van der Waals surface area contributed by atoms with E-state index in [0.717, 1.165) is 16.6 Å². The number of rotatable bonds is 9. The van der Waals surface area contributed by atoms with E-state index in [1.807, 2.05) is 38.1 Å². The van der Waals surface area contributed by atoms with Crippen molar-refractivity contribution in [3.8, 4) is 0 Å². The van der Waals surface area contributed by atoms with Crippen LogP contribution in [0.1, 0.15) is 39.8 Å². The Morgan fingerprint density at radius 2 is 1.91 bits per heavy atom. The number of thioether (sulfide) groups is 1. The van der Waals surface area contributed by atoms with Crippen LogP contribution in [0.15, 0.2) is 52.4 Å². The Hall–Kier alpha value is -3.43. The predicted molar refractivity (Wildman–Crippen MR) is 137 cm³/mol. The summed E-state index contributed by atoms with van der Waals surface area (Å²) in [5.74, 6) is -0.559. The van der Waals surface area contributed by atoms with Crippen LogP contribution in [0.2, 0.25) is 0 Å². The topological polar surface area (TPSA) is 103 Å². The summed E-state index contributed by atoms with van der Waals surface area (Å²) in [5.41, 5.74) is 2.80. The van der Waals surface area contributed by atoms with Gasteiger partial charge < -0.3 is 14.5 Å². The van der Waals surface area contributed by atoms with Gasteiger partial charge in [0.1, 0.15) is 0 Å². The molecule has 0 aliphatic carbocycles. The minimum absolute atomic E-state index is 0.0500. The molecule has 0 aliphatic heterocycles. The summed E-state index contributed by atoms with van der Waals surface area (Å²) < 4.78 is 11.5. The van der Waals surface area contributed by atoms with Crippen LogP contribution >= 0.6 is 11.8 Å². The summed E-state index contributed by atoms with van der Waals surface area (Å²) in [6, 6.07) is 12.4.